The molecule has 1 aliphatic heterocycles. The Labute approximate surface area is 185 Å². The fourth-order valence-electron chi connectivity index (χ4n) is 2.57. The van der Waals surface area contributed by atoms with Gasteiger partial charge in [-0.1, -0.05) is 25.6 Å². The predicted molar refractivity (Wildman–Crippen MR) is 113 cm³/mol. The van der Waals surface area contributed by atoms with Crippen LogP contribution in [0.15, 0.2) is 0 Å². The van der Waals surface area contributed by atoms with Crippen LogP contribution in [0.3, 0.4) is 0 Å². The summed E-state index contributed by atoms with van der Waals surface area (Å²) in [4.78, 5) is 47.4. The highest BCUT2D eigenvalue weighted by atomic mass is 32.2. The lowest BCUT2D eigenvalue weighted by molar-refractivity contribution is -0.141. The van der Waals surface area contributed by atoms with Gasteiger partial charge < -0.3 is 15.7 Å². The number of nitrogens with one attached hydrogen (secondary N) is 2. The Kier molecular flexibility index (Phi) is 11.3. The van der Waals surface area contributed by atoms with E-state index in [-0.39, 0.29) is 55.8 Å². The van der Waals surface area contributed by atoms with Crippen LogP contribution >= 0.6 is 19.6 Å². The number of ketones is 1. The van der Waals surface area contributed by atoms with Crippen molar-refractivity contribution in [1.29, 1.82) is 0 Å². The number of hydrogen-bond donors (Lipinski definition) is 3. The normalized spacial score (nSPS) is 23.6. The summed E-state index contributed by atoms with van der Waals surface area (Å²) in [5.41, 5.74) is -0.737. The molecule has 3 atom stereocenters. The van der Waals surface area contributed by atoms with E-state index in [9.17, 15) is 23.7 Å². The quantitative estimate of drug-likeness (QED) is 0.206. The van der Waals surface area contributed by atoms with E-state index < -0.39 is 31.4 Å². The van der Waals surface area contributed by atoms with E-state index in [1.807, 2.05) is 0 Å². The third-order valence-electron chi connectivity index (χ3n) is 4.20. The summed E-state index contributed by atoms with van der Waals surface area (Å²) >= 11 is 0.930. The van der Waals surface area contributed by atoms with Gasteiger partial charge in [0.05, 0.1) is 19.1 Å². The summed E-state index contributed by atoms with van der Waals surface area (Å²) in [7, 11) is -2.62. The molecule has 0 aromatic carbocycles. The minimum Gasteiger partial charge on any atom is -0.393 e. The highest BCUT2D eigenvalue weighted by molar-refractivity contribution is 8.13. The van der Waals surface area contributed by atoms with Gasteiger partial charge in [-0.05, 0) is 6.92 Å². The summed E-state index contributed by atoms with van der Waals surface area (Å²) in [6, 6.07) is 0. The van der Waals surface area contributed by atoms with Crippen molar-refractivity contribution in [2.75, 3.05) is 32.6 Å². The van der Waals surface area contributed by atoms with Gasteiger partial charge in [0.2, 0.25) is 11.8 Å². The van der Waals surface area contributed by atoms with Gasteiger partial charge in [0.25, 0.3) is 0 Å². The zero-order valence-electron chi connectivity index (χ0n) is 18.2. The third kappa shape index (κ3) is 10.2. The maximum Gasteiger partial charge on any atom is 0.475 e. The lowest BCUT2D eigenvalue weighted by Gasteiger charge is -2.39. The minimum absolute atomic E-state index is 0.00279. The molecule has 11 nitrogen and oxygen atoms in total. The minimum atomic E-state index is -3.78. The second kappa shape index (κ2) is 12.7. The predicted octanol–water partition coefficient (Wildman–Crippen LogP) is 0.795. The Morgan fingerprint density at radius 1 is 1.26 bits per heavy atom. The molecule has 0 spiro atoms. The number of phosphoric acid groups is 1. The molecule has 0 radical (unpaired) electrons. The van der Waals surface area contributed by atoms with Crippen LogP contribution in [-0.4, -0.2) is 72.6 Å². The molecule has 0 aliphatic carbocycles. The average molecular weight is 482 g/mol. The molecular formula is C18H31N2O9PS. The van der Waals surface area contributed by atoms with Gasteiger partial charge in [0.15, 0.2) is 11.2 Å². The fourth-order valence-corrected chi connectivity index (χ4v) is 4.65. The van der Waals surface area contributed by atoms with E-state index in [0.717, 1.165) is 18.9 Å². The van der Waals surface area contributed by atoms with Crippen molar-refractivity contribution in [3.63, 3.8) is 0 Å². The number of Topliss-reactive ketones (excluding diaryl/α,β-unsaturated/α-hetero) is 1. The number of aliphatic hydroxyl groups is 1. The number of carbonyl (C=O) groups is 4. The number of thioether (sulfide) groups is 1. The Balaban J connectivity index is 2.26. The number of aliphatic hydroxyl groups excluding tert-OH is 1. The molecule has 1 unspecified atom stereocenters. The highest BCUT2D eigenvalue weighted by Crippen LogP contribution is 2.56. The van der Waals surface area contributed by atoms with Crippen LogP contribution < -0.4 is 10.6 Å². The number of hydrogen-bond acceptors (Lipinski definition) is 10. The summed E-state index contributed by atoms with van der Waals surface area (Å²) in [6.45, 7) is 5.19. The van der Waals surface area contributed by atoms with Crippen molar-refractivity contribution in [2.45, 2.75) is 52.2 Å². The van der Waals surface area contributed by atoms with Crippen molar-refractivity contribution >= 4 is 42.3 Å². The maximum atomic E-state index is 12.4. The van der Waals surface area contributed by atoms with Gasteiger partial charge in [0, 0.05) is 44.2 Å². The Morgan fingerprint density at radius 3 is 2.55 bits per heavy atom. The number of amides is 2. The van der Waals surface area contributed by atoms with Gasteiger partial charge in [0.1, 0.15) is 5.78 Å². The lowest BCUT2D eigenvalue weighted by atomic mass is 9.87. The second-order valence-electron chi connectivity index (χ2n) is 7.76. The molecule has 31 heavy (non-hydrogen) atoms. The van der Waals surface area contributed by atoms with Crippen LogP contribution in [0.4, 0.5) is 0 Å². The first-order valence-electron chi connectivity index (χ1n) is 9.77. The van der Waals surface area contributed by atoms with Gasteiger partial charge in [-0.2, -0.15) is 0 Å². The molecule has 1 rings (SSSR count). The van der Waals surface area contributed by atoms with Gasteiger partial charge >= 0.3 is 7.82 Å². The van der Waals surface area contributed by atoms with Crippen LogP contribution in [0.5, 0.6) is 0 Å². The third-order valence-corrected chi connectivity index (χ3v) is 6.44. The summed E-state index contributed by atoms with van der Waals surface area (Å²) < 4.78 is 27.1. The van der Waals surface area contributed by atoms with Crippen molar-refractivity contribution in [2.24, 2.45) is 5.41 Å². The maximum absolute atomic E-state index is 12.4. The van der Waals surface area contributed by atoms with E-state index in [1.54, 1.807) is 13.8 Å². The molecule has 1 saturated heterocycles. The molecule has 0 aromatic heterocycles. The van der Waals surface area contributed by atoms with Crippen molar-refractivity contribution in [3.05, 3.63) is 0 Å². The Hall–Kier alpha value is -1.30. The van der Waals surface area contributed by atoms with E-state index in [2.05, 4.69) is 10.6 Å². The Bertz CT molecular complexity index is 714. The average Bonchev–Trinajstić information content (AvgIpc) is 2.66. The molecule has 13 heteroatoms. The number of carbonyl (C=O) groups excluding carboxylic acids is 4. The summed E-state index contributed by atoms with van der Waals surface area (Å²) in [5, 5.41) is 14.0. The molecule has 0 bridgehead atoms. The fraction of sp³-hybridized carbons (Fsp3) is 0.778. The largest absolute Gasteiger partial charge is 0.475 e. The van der Waals surface area contributed by atoms with E-state index >= 15 is 0 Å². The van der Waals surface area contributed by atoms with Crippen molar-refractivity contribution in [1.82, 2.24) is 10.6 Å². The molecule has 3 N–H and O–H groups in total. The van der Waals surface area contributed by atoms with Crippen LogP contribution in [0.2, 0.25) is 0 Å². The van der Waals surface area contributed by atoms with Crippen LogP contribution in [0.25, 0.3) is 0 Å². The molecule has 0 aromatic rings. The van der Waals surface area contributed by atoms with E-state index in [4.69, 9.17) is 18.7 Å². The van der Waals surface area contributed by atoms with Crippen molar-refractivity contribution < 1.29 is 42.4 Å². The SMILES string of the molecule is COP1(=O)OCC(C)(C)[C@H](C(=O)NCCC(=O)NCCSC(=O)CC(=O)C[C@@H](C)O)O1. The number of rotatable bonds is 12. The van der Waals surface area contributed by atoms with E-state index in [0.29, 0.717) is 5.75 Å². The standard InChI is InChI=1S/C18H31N2O9PS/c1-12(21)9-13(22)10-15(24)31-8-7-19-14(23)5-6-20-17(25)16-18(2,3)11-28-30(26,27-4)29-16/h12,16,21H,5-11H2,1-4H3,(H,19,23)(H,20,25)/t12-,16+,30?/m1/s1. The second-order valence-corrected chi connectivity index (χ2v) is 10.6. The Morgan fingerprint density at radius 2 is 1.94 bits per heavy atom. The summed E-state index contributed by atoms with van der Waals surface area (Å²) in [5.74, 6) is -0.879. The van der Waals surface area contributed by atoms with Crippen LogP contribution in [-0.2, 0) is 37.3 Å². The molecule has 1 heterocycles. The van der Waals surface area contributed by atoms with Gasteiger partial charge in [-0.25, -0.2) is 4.57 Å². The molecule has 2 amide bonds. The van der Waals surface area contributed by atoms with Crippen LogP contribution in [0.1, 0.15) is 40.0 Å². The first kappa shape index (κ1) is 27.7. The monoisotopic (exact) mass is 482 g/mol. The van der Waals surface area contributed by atoms with Gasteiger partial charge in [-0.3, -0.25) is 32.7 Å². The zero-order valence-corrected chi connectivity index (χ0v) is 19.9. The summed E-state index contributed by atoms with van der Waals surface area (Å²) in [6.07, 6.45) is -2.15. The highest BCUT2D eigenvalue weighted by Gasteiger charge is 2.48. The first-order valence-corrected chi connectivity index (χ1v) is 12.2. The molecule has 1 aliphatic rings. The molecule has 178 valence electrons. The molecule has 0 saturated carbocycles. The van der Waals surface area contributed by atoms with E-state index in [1.165, 1.54) is 6.92 Å². The molecule has 1 fully saturated rings. The van der Waals surface area contributed by atoms with Gasteiger partial charge in [-0.15, -0.1) is 0 Å². The molecular weight excluding hydrogens is 451 g/mol. The lowest BCUT2D eigenvalue weighted by Crippen LogP contribution is -2.50. The smallest absolute Gasteiger partial charge is 0.393 e. The van der Waals surface area contributed by atoms with Crippen LogP contribution in [0, 0.1) is 5.41 Å². The topological polar surface area (TPSA) is 157 Å². The zero-order chi connectivity index (χ0) is 23.7. The van der Waals surface area contributed by atoms with Crippen molar-refractivity contribution in [3.8, 4) is 0 Å². The number of phosphoric ester groups is 1. The first-order chi connectivity index (χ1) is 14.4.